The zero-order valence-corrected chi connectivity index (χ0v) is 12.7. The molecule has 20 heavy (non-hydrogen) atoms. The van der Waals surface area contributed by atoms with Crippen LogP contribution in [0.2, 0.25) is 0 Å². The Morgan fingerprint density at radius 1 is 1.45 bits per heavy atom. The fraction of sp³-hybridized carbons (Fsp3) is 0.562. The average molecular weight is 277 g/mol. The molecule has 4 heteroatoms. The van der Waals surface area contributed by atoms with Gasteiger partial charge in [-0.1, -0.05) is 11.6 Å². The third-order valence-corrected chi connectivity index (χ3v) is 3.65. The second kappa shape index (κ2) is 5.83. The fourth-order valence-corrected chi connectivity index (χ4v) is 2.37. The van der Waals surface area contributed by atoms with Gasteiger partial charge < -0.3 is 9.47 Å². The highest BCUT2D eigenvalue weighted by Gasteiger charge is 2.43. The van der Waals surface area contributed by atoms with Crippen LogP contribution in [-0.2, 0) is 15.1 Å². The van der Waals surface area contributed by atoms with Gasteiger partial charge in [0.05, 0.1) is 13.7 Å². The number of carbonyl (C=O) groups is 1. The molecule has 1 N–H and O–H groups in total. The molecule has 1 aliphatic carbocycles. The van der Waals surface area contributed by atoms with Gasteiger partial charge >= 0.3 is 5.97 Å². The molecule has 0 saturated heterocycles. The molecule has 1 atom stereocenters. The van der Waals surface area contributed by atoms with Crippen LogP contribution >= 0.6 is 0 Å². The third-order valence-electron chi connectivity index (χ3n) is 3.65. The minimum atomic E-state index is -0.867. The Balaban J connectivity index is 2.43. The van der Waals surface area contributed by atoms with E-state index in [-0.39, 0.29) is 5.97 Å². The van der Waals surface area contributed by atoms with Crippen molar-refractivity contribution in [3.8, 4) is 5.75 Å². The molecular formula is C16H23NO3. The van der Waals surface area contributed by atoms with Gasteiger partial charge in [-0.3, -0.25) is 5.32 Å². The van der Waals surface area contributed by atoms with E-state index in [1.54, 1.807) is 7.11 Å². The van der Waals surface area contributed by atoms with Gasteiger partial charge in [-0.15, -0.1) is 0 Å². The predicted octanol–water partition coefficient (Wildman–Crippen LogP) is 2.53. The standard InChI is InChI=1S/C16H23NO3/c1-5-20-15(18)16(3,17-12-7-8-12)13-10-11(2)6-9-14(13)19-4/h6,9-10,12,17H,5,7-8H2,1-4H3. The topological polar surface area (TPSA) is 47.6 Å². The quantitative estimate of drug-likeness (QED) is 0.812. The van der Waals surface area contributed by atoms with E-state index in [9.17, 15) is 4.79 Å². The van der Waals surface area contributed by atoms with E-state index < -0.39 is 5.54 Å². The Labute approximate surface area is 120 Å². The van der Waals surface area contributed by atoms with Crippen molar-refractivity contribution in [2.45, 2.75) is 45.2 Å². The molecule has 1 saturated carbocycles. The second-order valence-corrected chi connectivity index (χ2v) is 5.47. The summed E-state index contributed by atoms with van der Waals surface area (Å²) >= 11 is 0. The monoisotopic (exact) mass is 277 g/mol. The molecule has 0 bridgehead atoms. The molecule has 0 amide bonds. The predicted molar refractivity (Wildman–Crippen MR) is 77.9 cm³/mol. The molecule has 1 aromatic carbocycles. The maximum Gasteiger partial charge on any atom is 0.330 e. The number of aryl methyl sites for hydroxylation is 1. The van der Waals surface area contributed by atoms with Gasteiger partial charge in [-0.25, -0.2) is 4.79 Å². The minimum Gasteiger partial charge on any atom is -0.496 e. The van der Waals surface area contributed by atoms with E-state index in [1.165, 1.54) is 0 Å². The number of esters is 1. The highest BCUT2D eigenvalue weighted by Crippen LogP contribution is 2.35. The average Bonchev–Trinajstić information content (AvgIpc) is 3.22. The lowest BCUT2D eigenvalue weighted by molar-refractivity contribution is -0.151. The molecule has 1 unspecified atom stereocenters. The van der Waals surface area contributed by atoms with Gasteiger partial charge in [-0.05, 0) is 45.7 Å². The number of ether oxygens (including phenoxy) is 2. The van der Waals surface area contributed by atoms with Crippen LogP contribution in [0.5, 0.6) is 5.75 Å². The highest BCUT2D eigenvalue weighted by atomic mass is 16.5. The molecule has 0 aromatic heterocycles. The SMILES string of the molecule is CCOC(=O)C(C)(NC1CC1)c1cc(C)ccc1OC. The van der Waals surface area contributed by atoms with E-state index in [1.807, 2.05) is 39.0 Å². The van der Waals surface area contributed by atoms with Gasteiger partial charge in [0.25, 0.3) is 0 Å². The Hall–Kier alpha value is -1.55. The summed E-state index contributed by atoms with van der Waals surface area (Å²) in [5.74, 6) is 0.454. The first-order valence-corrected chi connectivity index (χ1v) is 7.11. The van der Waals surface area contributed by atoms with Crippen molar-refractivity contribution in [1.82, 2.24) is 5.32 Å². The van der Waals surface area contributed by atoms with Crippen LogP contribution < -0.4 is 10.1 Å². The van der Waals surface area contributed by atoms with Gasteiger partial charge in [0.15, 0.2) is 0 Å². The van der Waals surface area contributed by atoms with Crippen molar-refractivity contribution in [1.29, 1.82) is 0 Å². The molecule has 1 aromatic rings. The van der Waals surface area contributed by atoms with E-state index >= 15 is 0 Å². The third kappa shape index (κ3) is 2.96. The molecule has 2 rings (SSSR count). The highest BCUT2D eigenvalue weighted by molar-refractivity contribution is 5.83. The van der Waals surface area contributed by atoms with Crippen molar-refractivity contribution in [2.75, 3.05) is 13.7 Å². The number of methoxy groups -OCH3 is 1. The molecule has 0 spiro atoms. The second-order valence-electron chi connectivity index (χ2n) is 5.47. The Morgan fingerprint density at radius 3 is 2.70 bits per heavy atom. The van der Waals surface area contributed by atoms with Gasteiger partial charge in [0.1, 0.15) is 11.3 Å². The maximum absolute atomic E-state index is 12.5. The van der Waals surface area contributed by atoms with Crippen molar-refractivity contribution in [3.05, 3.63) is 29.3 Å². The van der Waals surface area contributed by atoms with Crippen LogP contribution in [0.15, 0.2) is 18.2 Å². The van der Waals surface area contributed by atoms with E-state index in [0.717, 1.165) is 24.0 Å². The van der Waals surface area contributed by atoms with Gasteiger partial charge in [0, 0.05) is 11.6 Å². The first kappa shape index (κ1) is 14.9. The van der Waals surface area contributed by atoms with Crippen molar-refractivity contribution in [2.24, 2.45) is 0 Å². The van der Waals surface area contributed by atoms with Crippen LogP contribution in [-0.4, -0.2) is 25.7 Å². The molecular weight excluding hydrogens is 254 g/mol. The summed E-state index contributed by atoms with van der Waals surface area (Å²) in [5, 5.41) is 3.42. The summed E-state index contributed by atoms with van der Waals surface area (Å²) < 4.78 is 10.7. The lowest BCUT2D eigenvalue weighted by atomic mass is 9.89. The lowest BCUT2D eigenvalue weighted by Gasteiger charge is -2.30. The van der Waals surface area contributed by atoms with E-state index in [4.69, 9.17) is 9.47 Å². The number of rotatable bonds is 6. The van der Waals surface area contributed by atoms with Crippen LogP contribution in [0.4, 0.5) is 0 Å². The summed E-state index contributed by atoms with van der Waals surface area (Å²) in [6.45, 7) is 6.07. The Bertz CT molecular complexity index is 496. The smallest absolute Gasteiger partial charge is 0.330 e. The number of hydrogen-bond acceptors (Lipinski definition) is 4. The number of hydrogen-bond donors (Lipinski definition) is 1. The molecule has 110 valence electrons. The van der Waals surface area contributed by atoms with Crippen molar-refractivity contribution < 1.29 is 14.3 Å². The van der Waals surface area contributed by atoms with Crippen molar-refractivity contribution in [3.63, 3.8) is 0 Å². The molecule has 0 heterocycles. The number of benzene rings is 1. The largest absolute Gasteiger partial charge is 0.496 e. The van der Waals surface area contributed by atoms with Crippen LogP contribution in [0.1, 0.15) is 37.8 Å². The fourth-order valence-electron chi connectivity index (χ4n) is 2.37. The van der Waals surface area contributed by atoms with Gasteiger partial charge in [-0.2, -0.15) is 0 Å². The Kier molecular flexibility index (Phi) is 4.33. The molecule has 0 radical (unpaired) electrons. The summed E-state index contributed by atoms with van der Waals surface area (Å²) in [5.41, 5.74) is 1.06. The molecule has 0 aliphatic heterocycles. The van der Waals surface area contributed by atoms with Gasteiger partial charge in [0.2, 0.25) is 0 Å². The van der Waals surface area contributed by atoms with Crippen LogP contribution in [0.3, 0.4) is 0 Å². The summed E-state index contributed by atoms with van der Waals surface area (Å²) in [6.07, 6.45) is 2.20. The maximum atomic E-state index is 12.5. The zero-order valence-electron chi connectivity index (χ0n) is 12.7. The number of carbonyl (C=O) groups excluding carboxylic acids is 1. The first-order valence-electron chi connectivity index (χ1n) is 7.11. The first-order chi connectivity index (χ1) is 9.51. The minimum absolute atomic E-state index is 0.254. The summed E-state index contributed by atoms with van der Waals surface area (Å²) in [4.78, 5) is 12.5. The summed E-state index contributed by atoms with van der Waals surface area (Å²) in [6, 6.07) is 6.25. The zero-order chi connectivity index (χ0) is 14.8. The summed E-state index contributed by atoms with van der Waals surface area (Å²) in [7, 11) is 1.62. The normalized spacial score (nSPS) is 17.4. The van der Waals surface area contributed by atoms with E-state index in [0.29, 0.717) is 18.4 Å². The molecule has 1 fully saturated rings. The van der Waals surface area contributed by atoms with Crippen LogP contribution in [0, 0.1) is 6.92 Å². The van der Waals surface area contributed by atoms with Crippen LogP contribution in [0.25, 0.3) is 0 Å². The van der Waals surface area contributed by atoms with E-state index in [2.05, 4.69) is 5.32 Å². The lowest BCUT2D eigenvalue weighted by Crippen LogP contribution is -2.49. The molecule has 4 nitrogen and oxygen atoms in total. The molecule has 1 aliphatic rings. The number of nitrogens with one attached hydrogen (secondary N) is 1. The van der Waals surface area contributed by atoms with Crippen molar-refractivity contribution >= 4 is 5.97 Å². The Morgan fingerprint density at radius 2 is 2.15 bits per heavy atom.